The molecule has 0 bridgehead atoms. The van der Waals surface area contributed by atoms with Gasteiger partial charge >= 0.3 is 0 Å². The highest BCUT2D eigenvalue weighted by Crippen LogP contribution is 2.31. The third kappa shape index (κ3) is 6.73. The number of aromatic nitrogens is 2. The number of anilines is 4. The summed E-state index contributed by atoms with van der Waals surface area (Å²) < 4.78 is 23.9. The fourth-order valence-electron chi connectivity index (χ4n) is 4.25. The lowest BCUT2D eigenvalue weighted by Gasteiger charge is -2.18. The number of hydrogen-bond acceptors (Lipinski definition) is 9. The topological polar surface area (TPSA) is 132 Å². The summed E-state index contributed by atoms with van der Waals surface area (Å²) in [5.74, 6) is -0.00682. The molecule has 4 aromatic carbocycles. The normalized spacial score (nSPS) is 11.3. The van der Waals surface area contributed by atoms with Crippen LogP contribution in [-0.2, 0) is 4.79 Å². The molecular formula is C32H26FN5O5. The molecule has 0 spiro atoms. The van der Waals surface area contributed by atoms with Gasteiger partial charge in [0.2, 0.25) is 0 Å². The number of fused-ring (bicyclic) bond motifs is 1. The van der Waals surface area contributed by atoms with Gasteiger partial charge in [0.05, 0.1) is 25.3 Å². The second kappa shape index (κ2) is 12.8. The smallest absolute Gasteiger partial charge is 0.255 e. The number of carbonyl (C=O) groups is 3. The van der Waals surface area contributed by atoms with E-state index in [1.54, 1.807) is 48.5 Å². The second-order valence-corrected chi connectivity index (χ2v) is 9.30. The molecule has 5 aromatic rings. The van der Waals surface area contributed by atoms with E-state index in [9.17, 15) is 18.8 Å². The quantitative estimate of drug-likeness (QED) is 0.103. The van der Waals surface area contributed by atoms with Crippen LogP contribution in [0.2, 0.25) is 0 Å². The van der Waals surface area contributed by atoms with Crippen LogP contribution in [0.1, 0.15) is 20.7 Å². The van der Waals surface area contributed by atoms with E-state index in [2.05, 4.69) is 25.9 Å². The van der Waals surface area contributed by atoms with Crippen molar-refractivity contribution in [2.24, 2.45) is 0 Å². The van der Waals surface area contributed by atoms with Crippen molar-refractivity contribution >= 4 is 52.0 Å². The molecule has 216 valence electrons. The van der Waals surface area contributed by atoms with E-state index >= 15 is 0 Å². The first kappa shape index (κ1) is 28.7. The first-order valence-corrected chi connectivity index (χ1v) is 13.1. The van der Waals surface area contributed by atoms with Gasteiger partial charge in [0.15, 0.2) is 17.4 Å². The number of benzene rings is 4. The fourth-order valence-corrected chi connectivity index (χ4v) is 4.25. The number of rotatable bonds is 11. The lowest BCUT2D eigenvalue weighted by molar-refractivity contribution is -0.107. The minimum atomic E-state index is -1.33. The van der Waals surface area contributed by atoms with Gasteiger partial charge in [0, 0.05) is 40.7 Å². The van der Waals surface area contributed by atoms with Crippen molar-refractivity contribution in [3.63, 3.8) is 0 Å². The Morgan fingerprint density at radius 3 is 2.05 bits per heavy atom. The van der Waals surface area contributed by atoms with Crippen molar-refractivity contribution in [1.82, 2.24) is 9.97 Å². The number of halogens is 1. The van der Waals surface area contributed by atoms with E-state index in [-0.39, 0.29) is 22.8 Å². The summed E-state index contributed by atoms with van der Waals surface area (Å²) in [6.07, 6.45) is 0.474. The number of methoxy groups -OCH3 is 2. The monoisotopic (exact) mass is 579 g/mol. The van der Waals surface area contributed by atoms with Gasteiger partial charge in [-0.15, -0.1) is 0 Å². The summed E-state index contributed by atoms with van der Waals surface area (Å²) in [6, 6.07) is 22.2. The Kier molecular flexibility index (Phi) is 8.52. The molecule has 1 unspecified atom stereocenters. The van der Waals surface area contributed by atoms with Crippen LogP contribution >= 0.6 is 0 Å². The predicted octanol–water partition coefficient (Wildman–Crippen LogP) is 5.64. The van der Waals surface area contributed by atoms with E-state index in [4.69, 9.17) is 9.47 Å². The van der Waals surface area contributed by atoms with Gasteiger partial charge in [-0.3, -0.25) is 9.59 Å². The fraction of sp³-hybridized carbons (Fsp3) is 0.0938. The zero-order chi connectivity index (χ0) is 30.3. The summed E-state index contributed by atoms with van der Waals surface area (Å²) in [6.45, 7) is 0. The van der Waals surface area contributed by atoms with Crippen molar-refractivity contribution in [2.75, 3.05) is 30.2 Å². The Balaban J connectivity index is 1.42. The van der Waals surface area contributed by atoms with Crippen molar-refractivity contribution in [3.8, 4) is 11.5 Å². The van der Waals surface area contributed by atoms with Gasteiger partial charge in [0.25, 0.3) is 5.91 Å². The molecule has 0 aliphatic carbocycles. The highest BCUT2D eigenvalue weighted by atomic mass is 19.1. The van der Waals surface area contributed by atoms with Crippen molar-refractivity contribution in [3.05, 3.63) is 108 Å². The molecule has 3 N–H and O–H groups in total. The van der Waals surface area contributed by atoms with Gasteiger partial charge < -0.3 is 30.2 Å². The summed E-state index contributed by atoms with van der Waals surface area (Å²) >= 11 is 0. The van der Waals surface area contributed by atoms with E-state index in [0.717, 1.165) is 0 Å². The molecule has 0 aliphatic heterocycles. The van der Waals surface area contributed by atoms with Crippen LogP contribution in [0, 0.1) is 5.82 Å². The molecule has 5 rings (SSSR count). The van der Waals surface area contributed by atoms with Gasteiger partial charge in [0.1, 0.15) is 29.6 Å². The zero-order valence-corrected chi connectivity index (χ0v) is 23.1. The van der Waals surface area contributed by atoms with Crippen molar-refractivity contribution in [2.45, 2.75) is 6.04 Å². The van der Waals surface area contributed by atoms with E-state index in [1.807, 2.05) is 6.07 Å². The predicted molar refractivity (Wildman–Crippen MR) is 161 cm³/mol. The molecule has 0 radical (unpaired) electrons. The van der Waals surface area contributed by atoms with Gasteiger partial charge in [-0.25, -0.2) is 14.4 Å². The maximum atomic E-state index is 13.5. The molecule has 10 nitrogen and oxygen atoms in total. The lowest BCUT2D eigenvalue weighted by Crippen LogP contribution is -2.32. The summed E-state index contributed by atoms with van der Waals surface area (Å²) in [5, 5.41) is 8.77. The standard InChI is InChI=1S/C32H26FN5O5/c1-42-24-15-23(16-25(17-24)43-2)34-30-31(37-27-9-4-3-8-26(27)36-30)38-28(18-39)29(40)20-6-5-7-22(14-20)35-32(41)19-10-12-21(33)13-11-19/h3-18,28H,1-2H3,(H,34,36)(H,35,41)(H,37,38). The lowest BCUT2D eigenvalue weighted by atomic mass is 10.0. The first-order chi connectivity index (χ1) is 20.9. The third-order valence-corrected chi connectivity index (χ3v) is 6.41. The minimum absolute atomic E-state index is 0.159. The zero-order valence-electron chi connectivity index (χ0n) is 23.1. The molecule has 1 amide bonds. The SMILES string of the molecule is COc1cc(Nc2nc3ccccc3nc2NC(C=O)C(=O)c2cccc(NC(=O)c3ccc(F)cc3)c2)cc(OC)c1. The van der Waals surface area contributed by atoms with E-state index in [1.165, 1.54) is 50.6 Å². The third-order valence-electron chi connectivity index (χ3n) is 6.41. The largest absolute Gasteiger partial charge is 0.497 e. The number of para-hydroxylation sites is 2. The van der Waals surface area contributed by atoms with Gasteiger partial charge in [-0.05, 0) is 48.5 Å². The summed E-state index contributed by atoms with van der Waals surface area (Å²) in [5.41, 5.74) is 2.44. The number of ether oxygens (including phenoxy) is 2. The molecule has 0 saturated heterocycles. The molecule has 0 fully saturated rings. The van der Waals surface area contributed by atoms with Crippen molar-refractivity contribution < 1.29 is 28.2 Å². The van der Waals surface area contributed by atoms with Crippen LogP contribution in [0.4, 0.5) is 27.4 Å². The molecular weight excluding hydrogens is 553 g/mol. The van der Waals surface area contributed by atoms with Crippen LogP contribution in [0.15, 0.2) is 91.0 Å². The molecule has 0 aliphatic rings. The number of ketones is 1. The Labute approximate surface area is 245 Å². The van der Waals surface area contributed by atoms with E-state index < -0.39 is 23.5 Å². The molecule has 0 saturated carbocycles. The highest BCUT2D eigenvalue weighted by molar-refractivity contribution is 6.11. The van der Waals surface area contributed by atoms with Crippen LogP contribution in [0.3, 0.4) is 0 Å². The number of Topliss-reactive ketones (excluding diaryl/α,β-unsaturated/α-hetero) is 1. The highest BCUT2D eigenvalue weighted by Gasteiger charge is 2.23. The first-order valence-electron chi connectivity index (χ1n) is 13.1. The van der Waals surface area contributed by atoms with Gasteiger partial charge in [-0.1, -0.05) is 24.3 Å². The maximum absolute atomic E-state index is 13.5. The Morgan fingerprint density at radius 1 is 0.767 bits per heavy atom. The number of nitrogens with one attached hydrogen (secondary N) is 3. The number of carbonyl (C=O) groups excluding carboxylic acids is 3. The van der Waals surface area contributed by atoms with Crippen LogP contribution < -0.4 is 25.4 Å². The number of aldehydes is 1. The van der Waals surface area contributed by atoms with Crippen molar-refractivity contribution in [1.29, 1.82) is 0 Å². The van der Waals surface area contributed by atoms with Crippen LogP contribution in [-0.4, -0.2) is 48.2 Å². The average molecular weight is 580 g/mol. The van der Waals surface area contributed by atoms with Crippen LogP contribution in [0.25, 0.3) is 11.0 Å². The number of nitrogens with zero attached hydrogens (tertiary/aromatic N) is 2. The van der Waals surface area contributed by atoms with Gasteiger partial charge in [-0.2, -0.15) is 0 Å². The number of hydrogen-bond donors (Lipinski definition) is 3. The summed E-state index contributed by atoms with van der Waals surface area (Å²) in [7, 11) is 3.07. The Morgan fingerprint density at radius 2 is 1.42 bits per heavy atom. The molecule has 1 aromatic heterocycles. The number of amides is 1. The average Bonchev–Trinajstić information content (AvgIpc) is 3.03. The Hall–Kier alpha value is -5.84. The molecule has 1 heterocycles. The molecule has 11 heteroatoms. The molecule has 43 heavy (non-hydrogen) atoms. The molecule has 1 atom stereocenters. The van der Waals surface area contributed by atoms with Crippen LogP contribution in [0.5, 0.6) is 11.5 Å². The summed E-state index contributed by atoms with van der Waals surface area (Å²) in [4.78, 5) is 47.6. The minimum Gasteiger partial charge on any atom is -0.497 e. The second-order valence-electron chi connectivity index (χ2n) is 9.30. The Bertz CT molecular complexity index is 1790. The van der Waals surface area contributed by atoms with E-state index in [0.29, 0.717) is 40.2 Å². The maximum Gasteiger partial charge on any atom is 0.255 e.